The zero-order valence-corrected chi connectivity index (χ0v) is 20.0. The summed E-state index contributed by atoms with van der Waals surface area (Å²) in [6, 6.07) is 21.3. The molecule has 0 fully saturated rings. The molecule has 164 valence electrons. The van der Waals surface area contributed by atoms with Crippen molar-refractivity contribution in [1.82, 2.24) is 14.9 Å². The molecule has 1 N–H and O–H groups in total. The zero-order chi connectivity index (χ0) is 22.7. The number of rotatable bonds is 7. The van der Waals surface area contributed by atoms with Gasteiger partial charge in [-0.05, 0) is 62.7 Å². The molecular formula is C26H26BrN3O2. The number of nitrogens with zero attached hydrogens (tertiary/aromatic N) is 2. The minimum atomic E-state index is -0.269. The largest absolute Gasteiger partial charge is 0.491 e. The standard InChI is InChI=1S/C26H26BrN3O2/c1-17-11-12-24(18(2)15-17)32-14-13-30-23-10-5-4-9-22(23)29-25(30)19(3)28-26(31)20-7-6-8-21(27)16-20/h4-12,15-16,19H,13-14H2,1-3H3,(H,28,31). The van der Waals surface area contributed by atoms with Crippen LogP contribution in [0.4, 0.5) is 0 Å². The van der Waals surface area contributed by atoms with Crippen LogP contribution in [0.5, 0.6) is 5.75 Å². The van der Waals surface area contributed by atoms with Gasteiger partial charge >= 0.3 is 0 Å². The fraction of sp³-hybridized carbons (Fsp3) is 0.231. The normalized spacial score (nSPS) is 12.0. The maximum atomic E-state index is 12.8. The second-order valence-corrected chi connectivity index (χ2v) is 8.85. The Balaban J connectivity index is 1.54. The second kappa shape index (κ2) is 9.57. The first-order valence-corrected chi connectivity index (χ1v) is 11.4. The van der Waals surface area contributed by atoms with E-state index in [1.54, 1.807) is 6.07 Å². The molecule has 0 aliphatic carbocycles. The topological polar surface area (TPSA) is 56.1 Å². The molecule has 1 heterocycles. The third-order valence-corrected chi connectivity index (χ3v) is 5.90. The van der Waals surface area contributed by atoms with Crippen molar-refractivity contribution in [2.45, 2.75) is 33.4 Å². The first-order valence-electron chi connectivity index (χ1n) is 10.6. The Bertz CT molecular complexity index is 1270. The Morgan fingerprint density at radius 3 is 2.69 bits per heavy atom. The summed E-state index contributed by atoms with van der Waals surface area (Å²) in [4.78, 5) is 17.6. The average Bonchev–Trinajstić information content (AvgIpc) is 3.14. The van der Waals surface area contributed by atoms with Crippen LogP contribution < -0.4 is 10.1 Å². The van der Waals surface area contributed by atoms with E-state index in [1.807, 2.05) is 55.5 Å². The van der Waals surface area contributed by atoms with Crippen LogP contribution in [0.15, 0.2) is 71.2 Å². The summed E-state index contributed by atoms with van der Waals surface area (Å²) < 4.78 is 9.07. The van der Waals surface area contributed by atoms with Crippen molar-refractivity contribution < 1.29 is 9.53 Å². The van der Waals surface area contributed by atoms with E-state index in [0.717, 1.165) is 32.6 Å². The van der Waals surface area contributed by atoms with Gasteiger partial charge in [0.05, 0.1) is 23.6 Å². The number of imidazole rings is 1. The van der Waals surface area contributed by atoms with Gasteiger partial charge < -0.3 is 14.6 Å². The highest BCUT2D eigenvalue weighted by Gasteiger charge is 2.19. The molecule has 4 rings (SSSR count). The highest BCUT2D eigenvalue weighted by molar-refractivity contribution is 9.10. The molecule has 0 saturated heterocycles. The summed E-state index contributed by atoms with van der Waals surface area (Å²) in [5.74, 6) is 1.56. The molecule has 0 aliphatic rings. The minimum absolute atomic E-state index is 0.135. The molecule has 0 bridgehead atoms. The van der Waals surface area contributed by atoms with E-state index in [1.165, 1.54) is 5.56 Å². The number of aryl methyl sites for hydroxylation is 2. The van der Waals surface area contributed by atoms with Crippen LogP contribution in [-0.4, -0.2) is 22.1 Å². The lowest BCUT2D eigenvalue weighted by molar-refractivity contribution is 0.0937. The van der Waals surface area contributed by atoms with E-state index in [-0.39, 0.29) is 11.9 Å². The molecule has 4 aromatic rings. The zero-order valence-electron chi connectivity index (χ0n) is 18.4. The van der Waals surface area contributed by atoms with Crippen molar-refractivity contribution in [2.24, 2.45) is 0 Å². The number of ether oxygens (including phenoxy) is 1. The second-order valence-electron chi connectivity index (χ2n) is 7.93. The number of fused-ring (bicyclic) bond motifs is 1. The molecular weight excluding hydrogens is 466 g/mol. The lowest BCUT2D eigenvalue weighted by Gasteiger charge is -2.17. The molecule has 0 saturated carbocycles. The van der Waals surface area contributed by atoms with Gasteiger partial charge in [0.25, 0.3) is 5.91 Å². The van der Waals surface area contributed by atoms with Crippen LogP contribution in [-0.2, 0) is 6.54 Å². The Kier molecular flexibility index (Phi) is 6.61. The van der Waals surface area contributed by atoms with E-state index >= 15 is 0 Å². The average molecular weight is 492 g/mol. The van der Waals surface area contributed by atoms with Gasteiger partial charge in [-0.15, -0.1) is 0 Å². The van der Waals surface area contributed by atoms with Crippen molar-refractivity contribution in [3.8, 4) is 5.75 Å². The maximum absolute atomic E-state index is 12.8. The molecule has 0 spiro atoms. The number of hydrogen-bond acceptors (Lipinski definition) is 3. The fourth-order valence-electron chi connectivity index (χ4n) is 3.84. The molecule has 1 aromatic heterocycles. The van der Waals surface area contributed by atoms with Gasteiger partial charge in [-0.1, -0.05) is 51.8 Å². The van der Waals surface area contributed by atoms with Crippen molar-refractivity contribution in [1.29, 1.82) is 0 Å². The molecule has 6 heteroatoms. The summed E-state index contributed by atoms with van der Waals surface area (Å²) in [5, 5.41) is 3.08. The highest BCUT2D eigenvalue weighted by atomic mass is 79.9. The summed E-state index contributed by atoms with van der Waals surface area (Å²) in [6.07, 6.45) is 0. The van der Waals surface area contributed by atoms with E-state index in [2.05, 4.69) is 51.8 Å². The number of carbonyl (C=O) groups excluding carboxylic acids is 1. The van der Waals surface area contributed by atoms with Crippen molar-refractivity contribution in [2.75, 3.05) is 6.61 Å². The molecule has 32 heavy (non-hydrogen) atoms. The number of benzene rings is 3. The van der Waals surface area contributed by atoms with Crippen LogP contribution in [0, 0.1) is 13.8 Å². The molecule has 0 aliphatic heterocycles. The van der Waals surface area contributed by atoms with Gasteiger partial charge in [0, 0.05) is 10.0 Å². The SMILES string of the molecule is Cc1ccc(OCCn2c(C(C)NC(=O)c3cccc(Br)c3)nc3ccccc32)c(C)c1. The summed E-state index contributed by atoms with van der Waals surface area (Å²) in [6.45, 7) is 7.22. The Hall–Kier alpha value is -3.12. The number of amides is 1. The van der Waals surface area contributed by atoms with Crippen molar-refractivity contribution >= 4 is 32.9 Å². The van der Waals surface area contributed by atoms with Crippen LogP contribution in [0.1, 0.15) is 40.3 Å². The van der Waals surface area contributed by atoms with Gasteiger partial charge in [-0.25, -0.2) is 4.98 Å². The van der Waals surface area contributed by atoms with Gasteiger partial charge in [-0.3, -0.25) is 4.79 Å². The smallest absolute Gasteiger partial charge is 0.251 e. The van der Waals surface area contributed by atoms with Crippen LogP contribution in [0.25, 0.3) is 11.0 Å². The first-order chi connectivity index (χ1) is 15.4. The van der Waals surface area contributed by atoms with E-state index in [4.69, 9.17) is 9.72 Å². The quantitative estimate of drug-likeness (QED) is 0.345. The third kappa shape index (κ3) is 4.86. The number of carbonyl (C=O) groups is 1. The molecule has 5 nitrogen and oxygen atoms in total. The Labute approximate surface area is 196 Å². The van der Waals surface area contributed by atoms with Crippen molar-refractivity contribution in [3.63, 3.8) is 0 Å². The minimum Gasteiger partial charge on any atom is -0.491 e. The van der Waals surface area contributed by atoms with Crippen molar-refractivity contribution in [3.05, 3.63) is 93.7 Å². The van der Waals surface area contributed by atoms with Crippen LogP contribution >= 0.6 is 15.9 Å². The van der Waals surface area contributed by atoms with Gasteiger partial charge in [0.15, 0.2) is 0 Å². The number of para-hydroxylation sites is 2. The molecule has 0 radical (unpaired) electrons. The van der Waals surface area contributed by atoms with Gasteiger partial charge in [0.2, 0.25) is 0 Å². The lowest BCUT2D eigenvalue weighted by Crippen LogP contribution is -2.29. The summed E-state index contributed by atoms with van der Waals surface area (Å²) in [7, 11) is 0. The van der Waals surface area contributed by atoms with E-state index in [9.17, 15) is 4.79 Å². The highest BCUT2D eigenvalue weighted by Crippen LogP contribution is 2.23. The number of halogens is 1. The summed E-state index contributed by atoms with van der Waals surface area (Å²) >= 11 is 3.42. The van der Waals surface area contributed by atoms with E-state index < -0.39 is 0 Å². The summed E-state index contributed by atoms with van der Waals surface area (Å²) in [5.41, 5.74) is 4.86. The van der Waals surface area contributed by atoms with Gasteiger partial charge in [-0.2, -0.15) is 0 Å². The first kappa shape index (κ1) is 22.1. The fourth-order valence-corrected chi connectivity index (χ4v) is 4.24. The predicted molar refractivity (Wildman–Crippen MR) is 131 cm³/mol. The Morgan fingerprint density at radius 2 is 1.91 bits per heavy atom. The number of aromatic nitrogens is 2. The van der Waals surface area contributed by atoms with Gasteiger partial charge in [0.1, 0.15) is 18.2 Å². The molecule has 1 amide bonds. The van der Waals surface area contributed by atoms with Crippen LogP contribution in [0.2, 0.25) is 0 Å². The Morgan fingerprint density at radius 1 is 1.09 bits per heavy atom. The molecule has 1 unspecified atom stereocenters. The molecule has 1 atom stereocenters. The third-order valence-electron chi connectivity index (χ3n) is 5.41. The number of hydrogen-bond donors (Lipinski definition) is 1. The number of nitrogens with one attached hydrogen (secondary N) is 1. The monoisotopic (exact) mass is 491 g/mol. The van der Waals surface area contributed by atoms with Crippen LogP contribution in [0.3, 0.4) is 0 Å². The predicted octanol–water partition coefficient (Wildman–Crippen LogP) is 5.99. The molecule has 3 aromatic carbocycles. The maximum Gasteiger partial charge on any atom is 0.251 e. The van der Waals surface area contributed by atoms with E-state index in [0.29, 0.717) is 18.7 Å². The lowest BCUT2D eigenvalue weighted by atomic mass is 10.1.